The van der Waals surface area contributed by atoms with Crippen molar-refractivity contribution in [2.24, 2.45) is 11.3 Å². The molecule has 7 nitrogen and oxygen atoms in total. The summed E-state index contributed by atoms with van der Waals surface area (Å²) in [6.45, 7) is 8.71. The Bertz CT molecular complexity index is 1420. The minimum atomic E-state index is -1.13. The van der Waals surface area contributed by atoms with Gasteiger partial charge in [-0.3, -0.25) is 9.69 Å². The smallest absolute Gasteiger partial charge is 0.309 e. The van der Waals surface area contributed by atoms with E-state index in [0.29, 0.717) is 29.3 Å². The molecule has 8 heteroatoms. The topological polar surface area (TPSA) is 92.1 Å². The molecule has 0 radical (unpaired) electrons. The molecule has 3 atom stereocenters. The molecule has 0 bridgehead atoms. The number of aryl methyl sites for hydroxylation is 1. The van der Waals surface area contributed by atoms with E-state index in [1.807, 2.05) is 18.2 Å². The molecule has 1 aromatic heterocycles. The summed E-state index contributed by atoms with van der Waals surface area (Å²) in [4.78, 5) is 17.9. The number of methoxy groups -OCH3 is 1. The predicted octanol–water partition coefficient (Wildman–Crippen LogP) is 6.34. The monoisotopic (exact) mass is 562 g/mol. The summed E-state index contributed by atoms with van der Waals surface area (Å²) in [5.41, 5.74) is 5.04. The van der Waals surface area contributed by atoms with Gasteiger partial charge in [0.2, 0.25) is 5.88 Å². The molecule has 1 saturated heterocycles. The zero-order valence-electron chi connectivity index (χ0n) is 24.2. The van der Waals surface area contributed by atoms with E-state index in [2.05, 4.69) is 29.8 Å². The normalized spacial score (nSPS) is 20.0. The first kappa shape index (κ1) is 29.0. The number of aliphatic hydroxyl groups excluding tert-OH is 1. The first-order valence-corrected chi connectivity index (χ1v) is 14.3. The summed E-state index contributed by atoms with van der Waals surface area (Å²) in [6.07, 6.45) is 3.71. The highest BCUT2D eigenvalue weighted by atomic mass is 19.1. The third-order valence-electron chi connectivity index (χ3n) is 8.45. The summed E-state index contributed by atoms with van der Waals surface area (Å²) in [5.74, 6) is -1.37. The van der Waals surface area contributed by atoms with Crippen LogP contribution in [0, 0.1) is 17.2 Å². The van der Waals surface area contributed by atoms with Crippen LogP contribution in [0.25, 0.3) is 11.1 Å². The summed E-state index contributed by atoms with van der Waals surface area (Å²) in [6, 6.07) is 13.2. The lowest BCUT2D eigenvalue weighted by Crippen LogP contribution is -2.39. The highest BCUT2D eigenvalue weighted by Gasteiger charge is 2.29. The van der Waals surface area contributed by atoms with Crippen LogP contribution in [0.1, 0.15) is 74.5 Å². The van der Waals surface area contributed by atoms with E-state index in [1.165, 1.54) is 26.7 Å². The van der Waals surface area contributed by atoms with Crippen LogP contribution in [0.5, 0.6) is 11.6 Å². The second-order valence-electron chi connectivity index (χ2n) is 12.2. The van der Waals surface area contributed by atoms with Crippen LogP contribution in [-0.4, -0.2) is 46.3 Å². The molecule has 41 heavy (non-hydrogen) atoms. The van der Waals surface area contributed by atoms with Gasteiger partial charge in [-0.05, 0) is 78.5 Å². The van der Waals surface area contributed by atoms with E-state index in [-0.39, 0.29) is 11.5 Å². The second-order valence-corrected chi connectivity index (χ2v) is 12.2. The van der Waals surface area contributed by atoms with Gasteiger partial charge in [0.15, 0.2) is 0 Å². The Morgan fingerprint density at radius 2 is 2.02 bits per heavy atom. The van der Waals surface area contributed by atoms with E-state index in [0.717, 1.165) is 54.6 Å². The molecular formula is C33H39FN2O5. The Kier molecular flexibility index (Phi) is 8.34. The largest absolute Gasteiger partial charge is 0.485 e. The van der Waals surface area contributed by atoms with Crippen molar-refractivity contribution in [3.05, 3.63) is 76.7 Å². The molecule has 2 aliphatic rings. The quantitative estimate of drug-likeness (QED) is 0.331. The molecule has 1 fully saturated rings. The Labute approximate surface area is 240 Å². The van der Waals surface area contributed by atoms with Crippen molar-refractivity contribution in [1.29, 1.82) is 0 Å². The Morgan fingerprint density at radius 1 is 1.22 bits per heavy atom. The van der Waals surface area contributed by atoms with Crippen LogP contribution in [0.4, 0.5) is 4.39 Å². The molecule has 5 rings (SSSR count). The average Bonchev–Trinajstić information content (AvgIpc) is 2.95. The van der Waals surface area contributed by atoms with E-state index in [4.69, 9.17) is 9.47 Å². The number of hydrogen-bond acceptors (Lipinski definition) is 6. The predicted molar refractivity (Wildman–Crippen MR) is 154 cm³/mol. The van der Waals surface area contributed by atoms with Crippen molar-refractivity contribution < 1.29 is 28.9 Å². The van der Waals surface area contributed by atoms with Gasteiger partial charge in [-0.25, -0.2) is 9.37 Å². The van der Waals surface area contributed by atoms with E-state index < -0.39 is 23.8 Å². The fourth-order valence-corrected chi connectivity index (χ4v) is 6.09. The maximum Gasteiger partial charge on any atom is 0.309 e. The van der Waals surface area contributed by atoms with Gasteiger partial charge in [-0.1, -0.05) is 44.2 Å². The summed E-state index contributed by atoms with van der Waals surface area (Å²) in [5, 5.41) is 19.9. The van der Waals surface area contributed by atoms with E-state index in [9.17, 15) is 15.0 Å². The number of halogens is 1. The number of carboxylic acids is 1. The zero-order chi connectivity index (χ0) is 29.3. The lowest BCUT2D eigenvalue weighted by molar-refractivity contribution is -0.145. The van der Waals surface area contributed by atoms with Crippen LogP contribution in [0.3, 0.4) is 0 Å². The average molecular weight is 563 g/mol. The number of aliphatic carboxylic acids is 1. The van der Waals surface area contributed by atoms with Gasteiger partial charge in [0.1, 0.15) is 17.7 Å². The maximum absolute atomic E-state index is 15.1. The SMILES string of the molecule is COc1cc(-c2ccc([C@H]3CCc4ccc([C@H](O)[C@H](C)C(=O)O)cc4O3)cc2CN2CCCC(C)(C)C2)c(F)cn1. The van der Waals surface area contributed by atoms with Crippen molar-refractivity contribution in [1.82, 2.24) is 9.88 Å². The van der Waals surface area contributed by atoms with Crippen LogP contribution >= 0.6 is 0 Å². The van der Waals surface area contributed by atoms with Gasteiger partial charge >= 0.3 is 5.97 Å². The van der Waals surface area contributed by atoms with Crippen LogP contribution in [0.15, 0.2) is 48.7 Å². The highest BCUT2D eigenvalue weighted by molar-refractivity contribution is 5.71. The maximum atomic E-state index is 15.1. The zero-order valence-corrected chi connectivity index (χ0v) is 24.2. The number of carboxylic acid groups (broad SMARTS) is 1. The van der Waals surface area contributed by atoms with Crippen molar-refractivity contribution in [2.45, 2.75) is 65.2 Å². The van der Waals surface area contributed by atoms with Gasteiger partial charge in [0, 0.05) is 24.7 Å². The molecule has 0 unspecified atom stereocenters. The number of pyridine rings is 1. The molecule has 3 aromatic rings. The van der Waals surface area contributed by atoms with Crippen molar-refractivity contribution in [2.75, 3.05) is 20.2 Å². The van der Waals surface area contributed by atoms with E-state index >= 15 is 4.39 Å². The Morgan fingerprint density at radius 3 is 2.76 bits per heavy atom. The number of aliphatic hydroxyl groups is 1. The molecule has 0 aliphatic carbocycles. The van der Waals surface area contributed by atoms with Gasteiger partial charge in [-0.2, -0.15) is 0 Å². The molecule has 3 heterocycles. The summed E-state index contributed by atoms with van der Waals surface area (Å²) < 4.78 is 26.8. The lowest BCUT2D eigenvalue weighted by atomic mass is 9.83. The van der Waals surface area contributed by atoms with Gasteiger partial charge < -0.3 is 19.7 Å². The number of carbonyl (C=O) groups is 1. The number of hydrogen-bond donors (Lipinski definition) is 2. The molecular weight excluding hydrogens is 523 g/mol. The third kappa shape index (κ3) is 6.39. The summed E-state index contributed by atoms with van der Waals surface area (Å²) in [7, 11) is 1.52. The molecule has 218 valence electrons. The fourth-order valence-electron chi connectivity index (χ4n) is 6.09. The minimum Gasteiger partial charge on any atom is -0.485 e. The van der Waals surface area contributed by atoms with Crippen molar-refractivity contribution in [3.8, 4) is 22.8 Å². The molecule has 2 aliphatic heterocycles. The molecule has 0 spiro atoms. The Hall–Kier alpha value is -3.49. The summed E-state index contributed by atoms with van der Waals surface area (Å²) >= 11 is 0. The molecule has 0 amide bonds. The number of likely N-dealkylation sites (tertiary alicyclic amines) is 1. The standard InChI is InChI=1S/C33H39FN2O5/c1-20(32(38)39)31(37)23-7-6-21-9-11-28(41-29(21)15-23)22-8-10-25(26-16-30(40-4)35-17-27(26)34)24(14-22)18-36-13-5-12-33(2,3)19-36/h6-8,10,14-17,20,28,31,37H,5,9,11-13,18-19H2,1-4H3,(H,38,39)/t20-,28+,31+/m0/s1. The van der Waals surface area contributed by atoms with Crippen LogP contribution in [-0.2, 0) is 17.8 Å². The number of nitrogens with zero attached hydrogens (tertiary/aromatic N) is 2. The van der Waals surface area contributed by atoms with Crippen molar-refractivity contribution >= 4 is 5.97 Å². The third-order valence-corrected chi connectivity index (χ3v) is 8.45. The number of aromatic nitrogens is 1. The van der Waals surface area contributed by atoms with Gasteiger partial charge in [0.05, 0.1) is 25.3 Å². The first-order valence-electron chi connectivity index (χ1n) is 14.3. The number of rotatable bonds is 8. The number of fused-ring (bicyclic) bond motifs is 1. The van der Waals surface area contributed by atoms with Crippen molar-refractivity contribution in [3.63, 3.8) is 0 Å². The second kappa shape index (κ2) is 11.8. The number of ether oxygens (including phenoxy) is 2. The fraction of sp³-hybridized carbons (Fsp3) is 0.455. The Balaban J connectivity index is 1.48. The molecule has 0 saturated carbocycles. The minimum absolute atomic E-state index is 0.220. The van der Waals surface area contributed by atoms with Crippen LogP contribution in [0.2, 0.25) is 0 Å². The lowest BCUT2D eigenvalue weighted by Gasteiger charge is -2.38. The van der Waals surface area contributed by atoms with E-state index in [1.54, 1.807) is 18.2 Å². The van der Waals surface area contributed by atoms with Crippen LogP contribution < -0.4 is 9.47 Å². The van der Waals surface area contributed by atoms with Gasteiger partial charge in [-0.15, -0.1) is 0 Å². The van der Waals surface area contributed by atoms with Gasteiger partial charge in [0.25, 0.3) is 0 Å². The molecule has 2 N–H and O–H groups in total. The first-order chi connectivity index (χ1) is 19.5. The molecule has 2 aromatic carbocycles. The number of benzene rings is 2. The number of piperidine rings is 1. The highest BCUT2D eigenvalue weighted by Crippen LogP contribution is 2.40.